The van der Waals surface area contributed by atoms with Crippen LogP contribution in [-0.2, 0) is 0 Å². The molecule has 2 N–H and O–H groups in total. The Balaban J connectivity index is 1.79. The molecule has 3 aromatic rings. The van der Waals surface area contributed by atoms with Gasteiger partial charge in [0, 0.05) is 29.3 Å². The van der Waals surface area contributed by atoms with Crippen LogP contribution < -0.4 is 10.6 Å². The van der Waals surface area contributed by atoms with E-state index in [4.69, 9.17) is 11.6 Å². The number of aromatic nitrogens is 1. The van der Waals surface area contributed by atoms with Gasteiger partial charge in [0.25, 0.3) is 11.8 Å². The average Bonchev–Trinajstić information content (AvgIpc) is 2.65. The Hall–Kier alpha value is -3.25. The first kappa shape index (κ1) is 18.5. The SMILES string of the molecule is Cc1ccc(C(=O)Nc2ccc(F)cc2)cc1NC(=O)c1ccncc1Cl. The van der Waals surface area contributed by atoms with Crippen LogP contribution in [0.3, 0.4) is 0 Å². The summed E-state index contributed by atoms with van der Waals surface area (Å²) in [6.45, 7) is 1.81. The fourth-order valence-corrected chi connectivity index (χ4v) is 2.59. The molecule has 1 aromatic heterocycles. The molecule has 3 rings (SSSR count). The van der Waals surface area contributed by atoms with Crippen molar-refractivity contribution >= 4 is 34.8 Å². The summed E-state index contributed by atoms with van der Waals surface area (Å²) in [6.07, 6.45) is 2.86. The molecule has 7 heteroatoms. The van der Waals surface area contributed by atoms with Crippen LogP contribution >= 0.6 is 11.6 Å². The van der Waals surface area contributed by atoms with Crippen LogP contribution in [0.25, 0.3) is 0 Å². The van der Waals surface area contributed by atoms with Crippen molar-refractivity contribution in [1.82, 2.24) is 4.98 Å². The number of hydrogen-bond donors (Lipinski definition) is 2. The summed E-state index contributed by atoms with van der Waals surface area (Å²) < 4.78 is 13.0. The second-order valence-corrected chi connectivity index (χ2v) is 6.21. The van der Waals surface area contributed by atoms with Gasteiger partial charge in [0.15, 0.2) is 0 Å². The minimum Gasteiger partial charge on any atom is -0.322 e. The standard InChI is InChI=1S/C20H15ClFN3O2/c1-12-2-3-13(19(26)24-15-6-4-14(22)5-7-15)10-18(12)25-20(27)16-8-9-23-11-17(16)21/h2-11H,1H3,(H,24,26)(H,25,27). The normalized spacial score (nSPS) is 10.3. The molecule has 0 saturated heterocycles. The zero-order chi connectivity index (χ0) is 19.4. The van der Waals surface area contributed by atoms with Gasteiger partial charge in [-0.3, -0.25) is 14.6 Å². The highest BCUT2D eigenvalue weighted by Gasteiger charge is 2.14. The van der Waals surface area contributed by atoms with Gasteiger partial charge in [0.1, 0.15) is 5.82 Å². The predicted octanol–water partition coefficient (Wildman–Crippen LogP) is 4.69. The summed E-state index contributed by atoms with van der Waals surface area (Å²) in [5.41, 5.74) is 2.37. The summed E-state index contributed by atoms with van der Waals surface area (Å²) in [5, 5.41) is 5.67. The molecule has 0 aliphatic heterocycles. The van der Waals surface area contributed by atoms with Gasteiger partial charge in [-0.15, -0.1) is 0 Å². The van der Waals surface area contributed by atoms with Crippen LogP contribution in [0.1, 0.15) is 26.3 Å². The maximum absolute atomic E-state index is 13.0. The molecule has 27 heavy (non-hydrogen) atoms. The topological polar surface area (TPSA) is 71.1 Å². The lowest BCUT2D eigenvalue weighted by atomic mass is 10.1. The van der Waals surface area contributed by atoms with Gasteiger partial charge < -0.3 is 10.6 Å². The van der Waals surface area contributed by atoms with Gasteiger partial charge >= 0.3 is 0 Å². The zero-order valence-electron chi connectivity index (χ0n) is 14.3. The maximum Gasteiger partial charge on any atom is 0.257 e. The second kappa shape index (κ2) is 7.97. The number of carbonyl (C=O) groups excluding carboxylic acids is 2. The first-order valence-corrected chi connectivity index (χ1v) is 8.40. The molecule has 136 valence electrons. The van der Waals surface area contributed by atoms with E-state index in [2.05, 4.69) is 15.6 Å². The van der Waals surface area contributed by atoms with Gasteiger partial charge in [-0.05, 0) is 55.0 Å². The Kier molecular flexibility index (Phi) is 5.47. The van der Waals surface area contributed by atoms with E-state index in [9.17, 15) is 14.0 Å². The third-order valence-corrected chi connectivity index (χ3v) is 4.17. The molecular formula is C20H15ClFN3O2. The molecule has 5 nitrogen and oxygen atoms in total. The van der Waals surface area contributed by atoms with E-state index < -0.39 is 5.91 Å². The summed E-state index contributed by atoms with van der Waals surface area (Å²) in [6, 6.07) is 11.9. The molecule has 0 radical (unpaired) electrons. The first-order chi connectivity index (χ1) is 12.9. The molecule has 0 spiro atoms. The molecule has 2 amide bonds. The zero-order valence-corrected chi connectivity index (χ0v) is 15.0. The number of nitrogens with one attached hydrogen (secondary N) is 2. The number of rotatable bonds is 4. The highest BCUT2D eigenvalue weighted by molar-refractivity contribution is 6.34. The molecule has 1 heterocycles. The summed E-state index contributed by atoms with van der Waals surface area (Å²) >= 11 is 5.99. The molecule has 0 saturated carbocycles. The van der Waals surface area contributed by atoms with Crippen LogP contribution in [0.15, 0.2) is 60.9 Å². The van der Waals surface area contributed by atoms with Crippen molar-refractivity contribution in [1.29, 1.82) is 0 Å². The van der Waals surface area contributed by atoms with E-state index in [1.165, 1.54) is 42.7 Å². The van der Waals surface area contributed by atoms with Crippen molar-refractivity contribution in [2.75, 3.05) is 10.6 Å². The van der Waals surface area contributed by atoms with E-state index in [1.807, 2.05) is 6.92 Å². The third-order valence-electron chi connectivity index (χ3n) is 3.87. The highest BCUT2D eigenvalue weighted by Crippen LogP contribution is 2.21. The summed E-state index contributed by atoms with van der Waals surface area (Å²) in [7, 11) is 0. The van der Waals surface area contributed by atoms with E-state index >= 15 is 0 Å². The van der Waals surface area contributed by atoms with Crippen LogP contribution in [0.2, 0.25) is 5.02 Å². The number of hydrogen-bond acceptors (Lipinski definition) is 3. The Morgan fingerprint density at radius 1 is 1.00 bits per heavy atom. The minimum absolute atomic E-state index is 0.234. The van der Waals surface area contributed by atoms with Crippen LogP contribution in [0.4, 0.5) is 15.8 Å². The van der Waals surface area contributed by atoms with Crippen LogP contribution in [0, 0.1) is 12.7 Å². The highest BCUT2D eigenvalue weighted by atomic mass is 35.5. The molecule has 0 aliphatic rings. The van der Waals surface area contributed by atoms with Crippen molar-refractivity contribution in [3.8, 4) is 0 Å². The van der Waals surface area contributed by atoms with E-state index in [0.717, 1.165) is 5.56 Å². The summed E-state index contributed by atoms with van der Waals surface area (Å²) in [5.74, 6) is -1.16. The number of nitrogens with zero attached hydrogens (tertiary/aromatic N) is 1. The lowest BCUT2D eigenvalue weighted by Gasteiger charge is -2.12. The largest absolute Gasteiger partial charge is 0.322 e. The van der Waals surface area contributed by atoms with Gasteiger partial charge in [-0.1, -0.05) is 17.7 Å². The molecule has 0 atom stereocenters. The van der Waals surface area contributed by atoms with Crippen molar-refractivity contribution in [3.63, 3.8) is 0 Å². The molecule has 0 aliphatic carbocycles. The monoisotopic (exact) mass is 383 g/mol. The Morgan fingerprint density at radius 3 is 2.44 bits per heavy atom. The molecule has 2 aromatic carbocycles. The smallest absolute Gasteiger partial charge is 0.257 e. The van der Waals surface area contributed by atoms with Gasteiger partial charge in [-0.2, -0.15) is 0 Å². The van der Waals surface area contributed by atoms with E-state index in [1.54, 1.807) is 18.2 Å². The Bertz CT molecular complexity index is 1010. The second-order valence-electron chi connectivity index (χ2n) is 5.80. The van der Waals surface area contributed by atoms with Gasteiger partial charge in [-0.25, -0.2) is 4.39 Å². The predicted molar refractivity (Wildman–Crippen MR) is 103 cm³/mol. The number of carbonyl (C=O) groups is 2. The van der Waals surface area contributed by atoms with Crippen molar-refractivity contribution in [2.24, 2.45) is 0 Å². The van der Waals surface area contributed by atoms with E-state index in [-0.39, 0.29) is 22.3 Å². The lowest BCUT2D eigenvalue weighted by molar-refractivity contribution is 0.101. The minimum atomic E-state index is -0.401. The number of amides is 2. The number of benzene rings is 2. The van der Waals surface area contributed by atoms with E-state index in [0.29, 0.717) is 16.9 Å². The lowest BCUT2D eigenvalue weighted by Crippen LogP contribution is -2.16. The fraction of sp³-hybridized carbons (Fsp3) is 0.0500. The summed E-state index contributed by atoms with van der Waals surface area (Å²) in [4.78, 5) is 28.7. The molecule has 0 bridgehead atoms. The van der Waals surface area contributed by atoms with Gasteiger partial charge in [0.05, 0.1) is 10.6 Å². The van der Waals surface area contributed by atoms with Crippen molar-refractivity contribution in [2.45, 2.75) is 6.92 Å². The molecular weight excluding hydrogens is 369 g/mol. The fourth-order valence-electron chi connectivity index (χ4n) is 2.38. The quantitative estimate of drug-likeness (QED) is 0.686. The molecule has 0 fully saturated rings. The van der Waals surface area contributed by atoms with Crippen LogP contribution in [-0.4, -0.2) is 16.8 Å². The Labute approximate surface area is 160 Å². The van der Waals surface area contributed by atoms with Gasteiger partial charge in [0.2, 0.25) is 0 Å². The molecule has 0 unspecified atom stereocenters. The third kappa shape index (κ3) is 4.48. The number of pyridine rings is 1. The number of anilines is 2. The number of halogens is 2. The number of aryl methyl sites for hydroxylation is 1. The maximum atomic E-state index is 13.0. The average molecular weight is 384 g/mol. The van der Waals surface area contributed by atoms with Crippen molar-refractivity contribution in [3.05, 3.63) is 88.5 Å². The van der Waals surface area contributed by atoms with Crippen molar-refractivity contribution < 1.29 is 14.0 Å². The van der Waals surface area contributed by atoms with Crippen LogP contribution in [0.5, 0.6) is 0 Å². The first-order valence-electron chi connectivity index (χ1n) is 8.02. The Morgan fingerprint density at radius 2 is 1.74 bits per heavy atom.